The van der Waals surface area contributed by atoms with E-state index in [4.69, 9.17) is 4.99 Å². The predicted octanol–water partition coefficient (Wildman–Crippen LogP) is 4.66. The maximum atomic E-state index is 11.5. The van der Waals surface area contributed by atoms with E-state index in [0.717, 1.165) is 43.0 Å². The third-order valence-corrected chi connectivity index (χ3v) is 6.60. The van der Waals surface area contributed by atoms with Gasteiger partial charge in [-0.05, 0) is 62.8 Å². The van der Waals surface area contributed by atoms with Gasteiger partial charge in [0.1, 0.15) is 0 Å². The molecular weight excluding hydrogens is 440 g/mol. The number of rotatable bonds is 11. The van der Waals surface area contributed by atoms with Crippen LogP contribution < -0.4 is 16.0 Å². The van der Waals surface area contributed by atoms with Gasteiger partial charge in [-0.25, -0.2) is 9.83 Å². The van der Waals surface area contributed by atoms with Gasteiger partial charge in [-0.2, -0.15) is 0 Å². The van der Waals surface area contributed by atoms with Crippen LogP contribution in [0.2, 0.25) is 0 Å². The molecule has 0 spiro atoms. The maximum absolute atomic E-state index is 11.5. The third-order valence-electron chi connectivity index (χ3n) is 6.60. The molecule has 3 N–H and O–H groups in total. The van der Waals surface area contributed by atoms with Crippen LogP contribution in [0.25, 0.3) is 0 Å². The number of benzene rings is 2. The molecule has 1 aliphatic carbocycles. The van der Waals surface area contributed by atoms with Gasteiger partial charge < -0.3 is 15.5 Å². The van der Waals surface area contributed by atoms with Gasteiger partial charge >= 0.3 is 5.69 Å². The summed E-state index contributed by atoms with van der Waals surface area (Å²) in [7, 11) is 5.41. The molecule has 2 aromatic rings. The predicted molar refractivity (Wildman–Crippen MR) is 143 cm³/mol. The van der Waals surface area contributed by atoms with E-state index < -0.39 is 0 Å². The van der Waals surface area contributed by atoms with Gasteiger partial charge in [0, 0.05) is 44.5 Å². The number of amidine groups is 1. The van der Waals surface area contributed by atoms with Gasteiger partial charge in [-0.1, -0.05) is 36.8 Å². The molecule has 3 rings (SSSR count). The molecule has 0 saturated heterocycles. The fourth-order valence-electron chi connectivity index (χ4n) is 4.34. The van der Waals surface area contributed by atoms with Gasteiger partial charge in [-0.15, -0.1) is 0 Å². The summed E-state index contributed by atoms with van der Waals surface area (Å²) in [6.45, 7) is 3.84. The molecule has 3 unspecified atom stereocenters. The van der Waals surface area contributed by atoms with Crippen LogP contribution >= 0.6 is 0 Å². The van der Waals surface area contributed by atoms with E-state index in [1.54, 1.807) is 12.1 Å². The molecule has 1 aliphatic rings. The van der Waals surface area contributed by atoms with Gasteiger partial charge in [0.05, 0.1) is 10.7 Å². The van der Waals surface area contributed by atoms with Gasteiger partial charge in [0.25, 0.3) is 4.92 Å². The van der Waals surface area contributed by atoms with Gasteiger partial charge in [0.2, 0.25) is 0 Å². The largest absolute Gasteiger partial charge is 0.367 e. The minimum atomic E-state index is -0.161. The first kappa shape index (κ1) is 26.6. The molecule has 0 radical (unpaired) electrons. The molecule has 8 nitrogen and oxygen atoms in total. The quantitative estimate of drug-likeness (QED) is 0.142. The lowest BCUT2D eigenvalue weighted by Gasteiger charge is -2.25. The summed E-state index contributed by atoms with van der Waals surface area (Å²) < 4.78 is 0. The Labute approximate surface area is 209 Å². The summed E-state index contributed by atoms with van der Waals surface area (Å²) >= 11 is 0. The van der Waals surface area contributed by atoms with Crippen LogP contribution in [0.4, 0.5) is 11.4 Å². The lowest BCUT2D eigenvalue weighted by Crippen LogP contribution is -2.43. The minimum absolute atomic E-state index is 0.161. The van der Waals surface area contributed by atoms with Crippen LogP contribution in [0.3, 0.4) is 0 Å². The van der Waals surface area contributed by atoms with Crippen LogP contribution in [-0.4, -0.2) is 55.7 Å². The van der Waals surface area contributed by atoms with Crippen molar-refractivity contribution >= 4 is 17.2 Å². The molecule has 190 valence electrons. The molecule has 8 heteroatoms. The Balaban J connectivity index is 1.48. The average Bonchev–Trinajstić information content (AvgIpc) is 3.09. The van der Waals surface area contributed by atoms with Crippen molar-refractivity contribution in [3.8, 4) is 0 Å². The molecule has 0 aromatic heterocycles. The molecule has 1 fully saturated rings. The zero-order valence-electron chi connectivity index (χ0n) is 21.5. The summed E-state index contributed by atoms with van der Waals surface area (Å²) in [6, 6.07) is 18.2. The van der Waals surface area contributed by atoms with Gasteiger partial charge in [0.15, 0.2) is 13.4 Å². The molecule has 2 aromatic carbocycles. The lowest BCUT2D eigenvalue weighted by molar-refractivity contribution is -0.736. The van der Waals surface area contributed by atoms with E-state index in [1.165, 1.54) is 26.4 Å². The Bertz CT molecular complexity index is 932. The standard InChI is InChI=1S/C27H41N6O2/c1-21(32(2)3)29-27(30-24-10-6-5-7-11-24)31-25-12-8-9-22(13-16-25)19-28-20-23-14-17-26(18-15-23)33(34)35-4/h5-7,10-11,14-15,17-18,22,25,27-28,30-31H,8-9,12-13,16,19-20H2,1-4H3/q+1/b29-21+. The van der Waals surface area contributed by atoms with Crippen molar-refractivity contribution in [2.45, 2.75) is 57.9 Å². The summed E-state index contributed by atoms with van der Waals surface area (Å²) in [6.07, 6.45) is 5.78. The molecule has 1 saturated carbocycles. The topological polar surface area (TPSA) is 81.0 Å². The zero-order valence-corrected chi connectivity index (χ0v) is 21.5. The Morgan fingerprint density at radius 1 is 1.09 bits per heavy atom. The third kappa shape index (κ3) is 8.96. The van der Waals surface area contributed by atoms with Crippen LogP contribution in [0.15, 0.2) is 59.6 Å². The Hall–Kier alpha value is -2.97. The Kier molecular flexibility index (Phi) is 10.5. The number of para-hydroxylation sites is 1. The smallest absolute Gasteiger partial charge is 0.316 e. The van der Waals surface area contributed by atoms with Crippen LogP contribution in [0.5, 0.6) is 0 Å². The highest BCUT2D eigenvalue weighted by Gasteiger charge is 2.21. The number of hydrogen-bond acceptors (Lipinski definition) is 6. The maximum Gasteiger partial charge on any atom is 0.316 e. The van der Waals surface area contributed by atoms with E-state index in [1.807, 2.05) is 56.3 Å². The fourth-order valence-corrected chi connectivity index (χ4v) is 4.34. The van der Waals surface area contributed by atoms with Crippen molar-refractivity contribution in [2.75, 3.05) is 33.1 Å². The first-order chi connectivity index (χ1) is 16.9. The Morgan fingerprint density at radius 3 is 2.51 bits per heavy atom. The van der Waals surface area contributed by atoms with E-state index >= 15 is 0 Å². The summed E-state index contributed by atoms with van der Waals surface area (Å²) in [4.78, 5) is 23.6. The molecular formula is C27H41N6O2+. The first-order valence-electron chi connectivity index (χ1n) is 12.5. The number of anilines is 1. The normalized spacial score (nSPS) is 19.5. The minimum Gasteiger partial charge on any atom is -0.367 e. The van der Waals surface area contributed by atoms with E-state index in [-0.39, 0.29) is 6.29 Å². The number of hydrogen-bond donors (Lipinski definition) is 3. The monoisotopic (exact) mass is 481 g/mol. The summed E-state index contributed by atoms with van der Waals surface area (Å²) in [5.41, 5.74) is 2.73. The zero-order chi connectivity index (χ0) is 25.0. The fraction of sp³-hybridized carbons (Fsp3) is 0.519. The van der Waals surface area contributed by atoms with Crippen molar-refractivity contribution in [1.82, 2.24) is 15.5 Å². The highest BCUT2D eigenvalue weighted by molar-refractivity contribution is 5.79. The molecule has 35 heavy (non-hydrogen) atoms. The van der Waals surface area contributed by atoms with Gasteiger partial charge in [-0.3, -0.25) is 5.32 Å². The van der Waals surface area contributed by atoms with Crippen molar-refractivity contribution in [2.24, 2.45) is 10.9 Å². The second-order valence-corrected chi connectivity index (χ2v) is 9.46. The summed E-state index contributed by atoms with van der Waals surface area (Å²) in [5, 5.41) is 10.9. The first-order valence-corrected chi connectivity index (χ1v) is 12.5. The van der Waals surface area contributed by atoms with E-state index in [0.29, 0.717) is 22.6 Å². The average molecular weight is 482 g/mol. The van der Waals surface area contributed by atoms with Crippen LogP contribution in [-0.2, 0) is 11.4 Å². The molecule has 0 aliphatic heterocycles. The van der Waals surface area contributed by atoms with Crippen LogP contribution in [0.1, 0.15) is 44.6 Å². The number of nitrogens with zero attached hydrogens (tertiary/aromatic N) is 3. The highest BCUT2D eigenvalue weighted by Crippen LogP contribution is 2.24. The van der Waals surface area contributed by atoms with E-state index in [2.05, 4.69) is 32.9 Å². The second-order valence-electron chi connectivity index (χ2n) is 9.46. The second kappa shape index (κ2) is 13.8. The lowest BCUT2D eigenvalue weighted by atomic mass is 10.00. The number of nitrogens with one attached hydrogen (secondary N) is 3. The Morgan fingerprint density at radius 2 is 1.83 bits per heavy atom. The highest BCUT2D eigenvalue weighted by atomic mass is 16.8. The van der Waals surface area contributed by atoms with Crippen LogP contribution in [0, 0.1) is 10.8 Å². The molecule has 3 atom stereocenters. The van der Waals surface area contributed by atoms with Crippen molar-refractivity contribution in [1.29, 1.82) is 0 Å². The summed E-state index contributed by atoms with van der Waals surface area (Å²) in [5.74, 6) is 1.65. The molecule has 0 heterocycles. The van der Waals surface area contributed by atoms with Crippen molar-refractivity contribution < 1.29 is 9.76 Å². The molecule has 0 amide bonds. The molecule has 0 bridgehead atoms. The van der Waals surface area contributed by atoms with Crippen molar-refractivity contribution in [3.63, 3.8) is 0 Å². The van der Waals surface area contributed by atoms with E-state index in [9.17, 15) is 4.91 Å². The SMILES string of the molecule is CO[N+](=O)c1ccc(CNCC2CCCC(NC(/N=C(\C)N(C)C)Nc3ccccc3)CC2)cc1. The number of aliphatic imine (C=N–C) groups is 1. The van der Waals surface area contributed by atoms with Crippen molar-refractivity contribution in [3.05, 3.63) is 65.1 Å².